The topological polar surface area (TPSA) is 120 Å². The largest absolute Gasteiger partial charge is 0.465 e. The molecule has 0 aliphatic carbocycles. The number of amides is 2. The predicted molar refractivity (Wildman–Crippen MR) is 112 cm³/mol. The third-order valence-corrected chi connectivity index (χ3v) is 6.52. The molecule has 9 nitrogen and oxygen atoms in total. The second kappa shape index (κ2) is 7.12. The number of nitrogens with one attached hydrogen (secondary N) is 1. The Balaban J connectivity index is 1.43. The summed E-state index contributed by atoms with van der Waals surface area (Å²) in [7, 11) is 0. The van der Waals surface area contributed by atoms with E-state index in [-0.39, 0.29) is 35.4 Å². The molecule has 0 radical (unpaired) electrons. The Morgan fingerprint density at radius 1 is 1.27 bits per heavy atom. The maximum Gasteiger partial charge on any atom is 0.407 e. The highest BCUT2D eigenvalue weighted by atomic mass is 79.9. The van der Waals surface area contributed by atoms with E-state index in [1.807, 2.05) is 17.0 Å². The molecule has 30 heavy (non-hydrogen) atoms. The average molecular weight is 475 g/mol. The van der Waals surface area contributed by atoms with Crippen LogP contribution in [0.1, 0.15) is 31.0 Å². The van der Waals surface area contributed by atoms with E-state index in [0.29, 0.717) is 49.4 Å². The summed E-state index contributed by atoms with van der Waals surface area (Å²) < 4.78 is 6.52. The first-order chi connectivity index (χ1) is 14.4. The highest BCUT2D eigenvalue weighted by Gasteiger charge is 2.38. The fourth-order valence-electron chi connectivity index (χ4n) is 4.47. The summed E-state index contributed by atoms with van der Waals surface area (Å²) in [5.41, 5.74) is 0.889. The van der Waals surface area contributed by atoms with Crippen molar-refractivity contribution in [2.45, 2.75) is 31.2 Å². The molecular weight excluding hydrogens is 456 g/mol. The number of nitrogens with zero attached hydrogens (tertiary/aromatic N) is 3. The molecule has 10 heteroatoms. The summed E-state index contributed by atoms with van der Waals surface area (Å²) in [5.74, 6) is 0.273. The molecule has 2 fully saturated rings. The molecule has 156 valence electrons. The van der Waals surface area contributed by atoms with Crippen molar-refractivity contribution in [3.05, 3.63) is 38.9 Å². The van der Waals surface area contributed by atoms with E-state index in [0.717, 1.165) is 9.86 Å². The van der Waals surface area contributed by atoms with Crippen molar-refractivity contribution in [2.24, 2.45) is 0 Å². The van der Waals surface area contributed by atoms with Gasteiger partial charge in [0.25, 0.3) is 5.56 Å². The van der Waals surface area contributed by atoms with Gasteiger partial charge in [-0.3, -0.25) is 9.59 Å². The molecule has 2 amide bonds. The Hall–Kier alpha value is -2.88. The predicted octanol–water partition coefficient (Wildman–Crippen LogP) is 2.89. The molecule has 0 spiro atoms. The molecule has 2 aliphatic rings. The van der Waals surface area contributed by atoms with Gasteiger partial charge in [0.1, 0.15) is 16.9 Å². The van der Waals surface area contributed by atoms with Crippen molar-refractivity contribution in [1.82, 2.24) is 19.8 Å². The van der Waals surface area contributed by atoms with Gasteiger partial charge in [0.2, 0.25) is 11.5 Å². The van der Waals surface area contributed by atoms with Gasteiger partial charge < -0.3 is 24.3 Å². The first-order valence-electron chi connectivity index (χ1n) is 9.80. The molecule has 1 atom stereocenters. The minimum absolute atomic E-state index is 0.0105. The van der Waals surface area contributed by atoms with E-state index in [1.165, 1.54) is 4.90 Å². The number of hydrogen-bond acceptors (Lipinski definition) is 5. The van der Waals surface area contributed by atoms with Crippen LogP contribution in [0.3, 0.4) is 0 Å². The highest BCUT2D eigenvalue weighted by molar-refractivity contribution is 9.10. The standard InChI is InChI=1S/C20H19BrN4O5/c21-11-1-2-14-13(8-11)16-17(30-14)19(27)23-18(22-16)10-7-15(26)25(9-10)12-3-5-24(6-4-12)20(28)29/h1-2,8,10,12H,3-7,9H2,(H,28,29)(H,22,23,27). The molecule has 2 N–H and O–H groups in total. The zero-order valence-electron chi connectivity index (χ0n) is 15.9. The number of aromatic amines is 1. The second-order valence-corrected chi connectivity index (χ2v) is 8.74. The van der Waals surface area contributed by atoms with Crippen LogP contribution in [-0.4, -0.2) is 62.6 Å². The lowest BCUT2D eigenvalue weighted by Gasteiger charge is -2.35. The molecule has 0 bridgehead atoms. The lowest BCUT2D eigenvalue weighted by atomic mass is 10.0. The number of benzene rings is 1. The molecule has 2 aromatic heterocycles. The van der Waals surface area contributed by atoms with Crippen LogP contribution in [0.25, 0.3) is 22.1 Å². The van der Waals surface area contributed by atoms with E-state index in [2.05, 4.69) is 25.9 Å². The Morgan fingerprint density at radius 3 is 2.77 bits per heavy atom. The van der Waals surface area contributed by atoms with Crippen molar-refractivity contribution in [1.29, 1.82) is 0 Å². The first-order valence-corrected chi connectivity index (χ1v) is 10.6. The SMILES string of the molecule is O=C(O)N1CCC(N2CC(c3nc4c(oc5ccc(Br)cc54)c(=O)[nH]3)CC2=O)CC1. The number of fused-ring (bicyclic) bond motifs is 3. The van der Waals surface area contributed by atoms with Crippen molar-refractivity contribution >= 4 is 50.0 Å². The van der Waals surface area contributed by atoms with Gasteiger partial charge in [0.05, 0.1) is 0 Å². The lowest BCUT2D eigenvalue weighted by molar-refractivity contribution is -0.130. The number of rotatable bonds is 2. The summed E-state index contributed by atoms with van der Waals surface area (Å²) in [6.07, 6.45) is 0.586. The molecule has 2 aliphatic heterocycles. The molecule has 1 unspecified atom stereocenters. The van der Waals surface area contributed by atoms with Crippen molar-refractivity contribution in [3.8, 4) is 0 Å². The summed E-state index contributed by atoms with van der Waals surface area (Å²) in [6.45, 7) is 1.31. The van der Waals surface area contributed by atoms with E-state index < -0.39 is 6.09 Å². The van der Waals surface area contributed by atoms with Crippen LogP contribution in [0.4, 0.5) is 4.79 Å². The zero-order chi connectivity index (χ0) is 21.0. The van der Waals surface area contributed by atoms with Gasteiger partial charge in [-0.25, -0.2) is 9.78 Å². The number of piperidine rings is 1. The quantitative estimate of drug-likeness (QED) is 0.588. The van der Waals surface area contributed by atoms with Gasteiger partial charge >= 0.3 is 6.09 Å². The van der Waals surface area contributed by atoms with E-state index >= 15 is 0 Å². The minimum Gasteiger partial charge on any atom is -0.465 e. The average Bonchev–Trinajstić information content (AvgIpc) is 3.29. The minimum atomic E-state index is -0.923. The van der Waals surface area contributed by atoms with Crippen LogP contribution in [-0.2, 0) is 4.79 Å². The van der Waals surface area contributed by atoms with Gasteiger partial charge in [-0.05, 0) is 31.0 Å². The van der Waals surface area contributed by atoms with Crippen molar-refractivity contribution in [2.75, 3.05) is 19.6 Å². The molecule has 4 heterocycles. The van der Waals surface area contributed by atoms with Crippen LogP contribution in [0.15, 0.2) is 31.9 Å². The summed E-state index contributed by atoms with van der Waals surface area (Å²) >= 11 is 3.43. The number of H-pyrrole nitrogens is 1. The lowest BCUT2D eigenvalue weighted by Crippen LogP contribution is -2.46. The normalized spacial score (nSPS) is 20.6. The fourth-order valence-corrected chi connectivity index (χ4v) is 4.83. The summed E-state index contributed by atoms with van der Waals surface area (Å²) in [6, 6.07) is 5.49. The maximum absolute atomic E-state index is 12.7. The summed E-state index contributed by atoms with van der Waals surface area (Å²) in [5, 5.41) is 9.86. The number of furan rings is 1. The number of hydrogen-bond donors (Lipinski definition) is 2. The van der Waals surface area contributed by atoms with Crippen LogP contribution in [0.5, 0.6) is 0 Å². The van der Waals surface area contributed by atoms with Gasteiger partial charge in [0.15, 0.2) is 0 Å². The fraction of sp³-hybridized carbons (Fsp3) is 0.400. The van der Waals surface area contributed by atoms with Gasteiger partial charge in [-0.15, -0.1) is 0 Å². The number of carbonyl (C=O) groups excluding carboxylic acids is 1. The number of likely N-dealkylation sites (tertiary alicyclic amines) is 2. The highest BCUT2D eigenvalue weighted by Crippen LogP contribution is 2.32. The molecular formula is C20H19BrN4O5. The monoisotopic (exact) mass is 474 g/mol. The Kier molecular flexibility index (Phi) is 4.53. The van der Waals surface area contributed by atoms with Gasteiger partial charge in [-0.2, -0.15) is 0 Å². The van der Waals surface area contributed by atoms with E-state index in [4.69, 9.17) is 9.52 Å². The van der Waals surface area contributed by atoms with Gasteiger partial charge in [0, 0.05) is 47.9 Å². The Bertz CT molecular complexity index is 1230. The van der Waals surface area contributed by atoms with Crippen molar-refractivity contribution < 1.29 is 19.1 Å². The van der Waals surface area contributed by atoms with Gasteiger partial charge in [-0.1, -0.05) is 15.9 Å². The third-order valence-electron chi connectivity index (χ3n) is 6.02. The summed E-state index contributed by atoms with van der Waals surface area (Å²) in [4.78, 5) is 47.1. The van der Waals surface area contributed by atoms with Crippen LogP contribution >= 0.6 is 15.9 Å². The number of aromatic nitrogens is 2. The molecule has 3 aromatic rings. The molecule has 2 saturated heterocycles. The third kappa shape index (κ3) is 3.15. The van der Waals surface area contributed by atoms with E-state index in [9.17, 15) is 14.4 Å². The Labute approximate surface area is 178 Å². The van der Waals surface area contributed by atoms with Crippen molar-refractivity contribution in [3.63, 3.8) is 0 Å². The first kappa shape index (κ1) is 19.1. The molecule has 1 aromatic carbocycles. The van der Waals surface area contributed by atoms with Crippen LogP contribution < -0.4 is 5.56 Å². The number of carboxylic acid groups (broad SMARTS) is 1. The maximum atomic E-state index is 12.7. The second-order valence-electron chi connectivity index (χ2n) is 7.82. The Morgan fingerprint density at radius 2 is 2.03 bits per heavy atom. The van der Waals surface area contributed by atoms with Crippen LogP contribution in [0.2, 0.25) is 0 Å². The molecule has 0 saturated carbocycles. The zero-order valence-corrected chi connectivity index (χ0v) is 17.5. The van der Waals surface area contributed by atoms with E-state index in [1.54, 1.807) is 6.07 Å². The molecule has 5 rings (SSSR count). The van der Waals surface area contributed by atoms with Crippen LogP contribution in [0, 0.1) is 0 Å². The number of carbonyl (C=O) groups is 2. The smallest absolute Gasteiger partial charge is 0.407 e. The number of halogens is 1.